The van der Waals surface area contributed by atoms with Crippen molar-refractivity contribution in [1.29, 1.82) is 0 Å². The van der Waals surface area contributed by atoms with Crippen LogP contribution in [0.1, 0.15) is 32.6 Å². The summed E-state index contributed by atoms with van der Waals surface area (Å²) in [5.41, 5.74) is 0. The zero-order chi connectivity index (χ0) is 9.26. The zero-order valence-corrected chi connectivity index (χ0v) is 8.58. The predicted octanol–water partition coefficient (Wildman–Crippen LogP) is 3.80. The van der Waals surface area contributed by atoms with Gasteiger partial charge in [-0.2, -0.15) is 0 Å². The number of hydrogen-bond donors (Lipinski definition) is 0. The molecule has 4 atom stereocenters. The van der Waals surface area contributed by atoms with Gasteiger partial charge >= 0.3 is 0 Å². The second-order valence-corrected chi connectivity index (χ2v) is 4.57. The van der Waals surface area contributed by atoms with E-state index in [1.807, 2.05) is 0 Å². The highest BCUT2D eigenvalue weighted by molar-refractivity contribution is 5.16. The van der Waals surface area contributed by atoms with Crippen LogP contribution in [0.25, 0.3) is 0 Å². The Bertz CT molecular complexity index is 214. The van der Waals surface area contributed by atoms with E-state index in [2.05, 4.69) is 31.7 Å². The van der Waals surface area contributed by atoms with Gasteiger partial charge < -0.3 is 0 Å². The Morgan fingerprint density at radius 3 is 2.85 bits per heavy atom. The molecule has 0 aromatic rings. The van der Waals surface area contributed by atoms with Crippen LogP contribution in [0.3, 0.4) is 0 Å². The fourth-order valence-corrected chi connectivity index (χ4v) is 3.16. The molecule has 0 N–H and O–H groups in total. The number of hydrogen-bond acceptors (Lipinski definition) is 0. The van der Waals surface area contributed by atoms with Crippen LogP contribution >= 0.6 is 0 Å². The molecule has 72 valence electrons. The molecular formula is C13H20. The highest BCUT2D eigenvalue weighted by Crippen LogP contribution is 2.50. The molecular weight excluding hydrogens is 156 g/mol. The molecule has 2 rings (SSSR count). The molecule has 0 radical (unpaired) electrons. The zero-order valence-electron chi connectivity index (χ0n) is 8.58. The quantitative estimate of drug-likeness (QED) is 0.571. The van der Waals surface area contributed by atoms with Gasteiger partial charge in [0.25, 0.3) is 0 Å². The summed E-state index contributed by atoms with van der Waals surface area (Å²) in [7, 11) is 0. The van der Waals surface area contributed by atoms with Crippen LogP contribution in [-0.4, -0.2) is 0 Å². The standard InChI is InChI=1S/C13H20/c1-3-5-6-13-11-8-7-10(9-11)12(13)4-2/h4,7-8,10-13H,2-3,5-6,9H2,1H3. The van der Waals surface area contributed by atoms with E-state index in [0.717, 1.165) is 23.7 Å². The van der Waals surface area contributed by atoms with Gasteiger partial charge in [-0.15, -0.1) is 6.58 Å². The summed E-state index contributed by atoms with van der Waals surface area (Å²) in [6, 6.07) is 0. The van der Waals surface area contributed by atoms with E-state index < -0.39 is 0 Å². The second kappa shape index (κ2) is 3.69. The smallest absolute Gasteiger partial charge is 0.0139 e. The van der Waals surface area contributed by atoms with E-state index in [4.69, 9.17) is 0 Å². The maximum atomic E-state index is 3.99. The van der Waals surface area contributed by atoms with Crippen LogP contribution < -0.4 is 0 Å². The first-order chi connectivity index (χ1) is 6.36. The number of unbranched alkanes of at least 4 members (excludes halogenated alkanes) is 1. The summed E-state index contributed by atoms with van der Waals surface area (Å²) in [6.07, 6.45) is 12.6. The molecule has 0 amide bonds. The highest BCUT2D eigenvalue weighted by atomic mass is 14.5. The molecule has 1 saturated carbocycles. The third-order valence-corrected chi connectivity index (χ3v) is 3.85. The Labute approximate surface area is 81.7 Å². The molecule has 0 heterocycles. The topological polar surface area (TPSA) is 0 Å². The van der Waals surface area contributed by atoms with Gasteiger partial charge in [0.05, 0.1) is 0 Å². The van der Waals surface area contributed by atoms with Crippen LogP contribution in [0.15, 0.2) is 24.8 Å². The van der Waals surface area contributed by atoms with Crippen LogP contribution in [0.2, 0.25) is 0 Å². The maximum absolute atomic E-state index is 3.99. The van der Waals surface area contributed by atoms with Gasteiger partial charge in [0, 0.05) is 0 Å². The summed E-state index contributed by atoms with van der Waals surface area (Å²) >= 11 is 0. The Balaban J connectivity index is 2.01. The number of fused-ring (bicyclic) bond motifs is 2. The van der Waals surface area contributed by atoms with E-state index in [9.17, 15) is 0 Å². The molecule has 0 spiro atoms. The molecule has 0 aromatic heterocycles. The number of rotatable bonds is 4. The highest BCUT2D eigenvalue weighted by Gasteiger charge is 2.41. The fourth-order valence-electron chi connectivity index (χ4n) is 3.16. The van der Waals surface area contributed by atoms with E-state index in [1.165, 1.54) is 25.7 Å². The Morgan fingerprint density at radius 2 is 2.15 bits per heavy atom. The summed E-state index contributed by atoms with van der Waals surface area (Å²) in [6.45, 7) is 6.27. The second-order valence-electron chi connectivity index (χ2n) is 4.57. The van der Waals surface area contributed by atoms with Crippen LogP contribution in [0.5, 0.6) is 0 Å². The summed E-state index contributed by atoms with van der Waals surface area (Å²) < 4.78 is 0. The molecule has 0 heteroatoms. The van der Waals surface area contributed by atoms with E-state index in [-0.39, 0.29) is 0 Å². The van der Waals surface area contributed by atoms with Gasteiger partial charge in [-0.05, 0) is 36.5 Å². The van der Waals surface area contributed by atoms with Gasteiger partial charge in [0.1, 0.15) is 0 Å². The molecule has 0 saturated heterocycles. The lowest BCUT2D eigenvalue weighted by atomic mass is 9.80. The maximum Gasteiger partial charge on any atom is -0.0139 e. The summed E-state index contributed by atoms with van der Waals surface area (Å²) in [5.74, 6) is 3.44. The van der Waals surface area contributed by atoms with Crippen LogP contribution in [0.4, 0.5) is 0 Å². The molecule has 0 aromatic carbocycles. The third kappa shape index (κ3) is 1.47. The van der Waals surface area contributed by atoms with E-state index in [0.29, 0.717) is 0 Å². The molecule has 2 aliphatic carbocycles. The van der Waals surface area contributed by atoms with Crippen molar-refractivity contribution >= 4 is 0 Å². The van der Waals surface area contributed by atoms with Gasteiger partial charge in [0.15, 0.2) is 0 Å². The lowest BCUT2D eigenvalue weighted by Gasteiger charge is -2.25. The average Bonchev–Trinajstić information content (AvgIpc) is 2.73. The molecule has 1 fully saturated rings. The number of allylic oxidation sites excluding steroid dienone is 3. The Hall–Kier alpha value is -0.520. The van der Waals surface area contributed by atoms with Crippen molar-refractivity contribution in [2.24, 2.45) is 23.7 Å². The van der Waals surface area contributed by atoms with E-state index >= 15 is 0 Å². The average molecular weight is 176 g/mol. The van der Waals surface area contributed by atoms with Crippen molar-refractivity contribution < 1.29 is 0 Å². The monoisotopic (exact) mass is 176 g/mol. The lowest BCUT2D eigenvalue weighted by Crippen LogP contribution is -2.17. The molecule has 0 aliphatic heterocycles. The Morgan fingerprint density at radius 1 is 1.38 bits per heavy atom. The van der Waals surface area contributed by atoms with Crippen molar-refractivity contribution in [2.75, 3.05) is 0 Å². The summed E-state index contributed by atoms with van der Waals surface area (Å²) in [4.78, 5) is 0. The van der Waals surface area contributed by atoms with Crippen LogP contribution in [-0.2, 0) is 0 Å². The van der Waals surface area contributed by atoms with Gasteiger partial charge in [-0.25, -0.2) is 0 Å². The molecule has 2 aliphatic rings. The molecule has 4 unspecified atom stereocenters. The lowest BCUT2D eigenvalue weighted by molar-refractivity contribution is 0.336. The minimum Gasteiger partial charge on any atom is -0.103 e. The van der Waals surface area contributed by atoms with Gasteiger partial charge in [-0.1, -0.05) is 38.0 Å². The first-order valence-corrected chi connectivity index (χ1v) is 5.67. The summed E-state index contributed by atoms with van der Waals surface area (Å²) in [5, 5.41) is 0. The SMILES string of the molecule is C=CC1C2C=CC(C2)C1CCCC. The van der Waals surface area contributed by atoms with Crippen molar-refractivity contribution in [3.8, 4) is 0 Å². The first kappa shape index (κ1) is 9.05. The van der Waals surface area contributed by atoms with Gasteiger partial charge in [-0.3, -0.25) is 0 Å². The normalized spacial score (nSPS) is 41.3. The Kier molecular flexibility index (Phi) is 2.57. The minimum absolute atomic E-state index is 0.793. The van der Waals surface area contributed by atoms with Gasteiger partial charge in [0.2, 0.25) is 0 Å². The van der Waals surface area contributed by atoms with Crippen molar-refractivity contribution in [2.45, 2.75) is 32.6 Å². The van der Waals surface area contributed by atoms with Crippen molar-refractivity contribution in [3.63, 3.8) is 0 Å². The predicted molar refractivity (Wildman–Crippen MR) is 57.4 cm³/mol. The molecule has 13 heavy (non-hydrogen) atoms. The van der Waals surface area contributed by atoms with Crippen molar-refractivity contribution in [1.82, 2.24) is 0 Å². The largest absolute Gasteiger partial charge is 0.103 e. The molecule has 0 nitrogen and oxygen atoms in total. The fraction of sp³-hybridized carbons (Fsp3) is 0.692. The first-order valence-electron chi connectivity index (χ1n) is 5.67. The third-order valence-electron chi connectivity index (χ3n) is 3.85. The molecule has 2 bridgehead atoms. The van der Waals surface area contributed by atoms with E-state index in [1.54, 1.807) is 0 Å². The minimum atomic E-state index is 0.793. The van der Waals surface area contributed by atoms with Crippen molar-refractivity contribution in [3.05, 3.63) is 24.8 Å². The van der Waals surface area contributed by atoms with Crippen LogP contribution in [0, 0.1) is 23.7 Å².